The fraction of sp³-hybridized carbons (Fsp3) is 0.667. The summed E-state index contributed by atoms with van der Waals surface area (Å²) in [6.45, 7) is 0.678. The van der Waals surface area contributed by atoms with E-state index in [1.54, 1.807) is 21.3 Å². The number of aromatic amines is 1. The molecule has 3 N–H and O–H groups in total. The molecule has 1 heterocycles. The van der Waals surface area contributed by atoms with Gasteiger partial charge in [-0.15, -0.1) is 0 Å². The fourth-order valence-electron chi connectivity index (χ4n) is 2.10. The number of rotatable bonds is 9. The molecule has 5 nitrogen and oxygen atoms in total. The molecule has 0 bridgehead atoms. The second-order valence-electron chi connectivity index (χ2n) is 4.17. The van der Waals surface area contributed by atoms with Crippen LogP contribution < -0.4 is 5.73 Å². The molecule has 1 aromatic rings. The zero-order valence-corrected chi connectivity index (χ0v) is 12.5. The Morgan fingerprint density at radius 3 is 2.39 bits per heavy atom. The van der Waals surface area contributed by atoms with E-state index >= 15 is 0 Å². The van der Waals surface area contributed by atoms with Crippen molar-refractivity contribution in [3.05, 3.63) is 23.5 Å². The van der Waals surface area contributed by atoms with Gasteiger partial charge in [0.15, 0.2) is 0 Å². The standard InChI is InChI=1S/C12H24N2O3Si/c1-15-18(16-2,17-3)10-4-5-12-11(6-8-13)7-9-14-12/h7,9,14H,4-6,8,10,13H2,1-3H3. The van der Waals surface area contributed by atoms with E-state index < -0.39 is 8.80 Å². The SMILES string of the molecule is CO[Si](CCCc1[nH]ccc1CCN)(OC)OC. The summed E-state index contributed by atoms with van der Waals surface area (Å²) in [5.74, 6) is 0. The van der Waals surface area contributed by atoms with Crippen molar-refractivity contribution < 1.29 is 13.3 Å². The van der Waals surface area contributed by atoms with Crippen LogP contribution in [0.1, 0.15) is 17.7 Å². The molecule has 0 aliphatic heterocycles. The highest BCUT2D eigenvalue weighted by Crippen LogP contribution is 2.18. The van der Waals surface area contributed by atoms with Crippen LogP contribution in [0, 0.1) is 0 Å². The lowest BCUT2D eigenvalue weighted by Crippen LogP contribution is -2.42. The van der Waals surface area contributed by atoms with Crippen LogP contribution in [0.25, 0.3) is 0 Å². The van der Waals surface area contributed by atoms with E-state index in [1.165, 1.54) is 11.3 Å². The van der Waals surface area contributed by atoms with Gasteiger partial charge in [0.25, 0.3) is 0 Å². The highest BCUT2D eigenvalue weighted by Gasteiger charge is 2.36. The van der Waals surface area contributed by atoms with Gasteiger partial charge in [0.05, 0.1) is 0 Å². The van der Waals surface area contributed by atoms with E-state index in [0.29, 0.717) is 6.54 Å². The zero-order valence-electron chi connectivity index (χ0n) is 11.5. The molecular weight excluding hydrogens is 248 g/mol. The molecule has 0 aliphatic carbocycles. The number of nitrogens with one attached hydrogen (secondary N) is 1. The highest BCUT2D eigenvalue weighted by molar-refractivity contribution is 6.60. The minimum absolute atomic E-state index is 0.678. The Bertz CT molecular complexity index is 332. The minimum Gasteiger partial charge on any atom is -0.377 e. The van der Waals surface area contributed by atoms with E-state index in [0.717, 1.165) is 25.3 Å². The molecule has 0 atom stereocenters. The van der Waals surface area contributed by atoms with Gasteiger partial charge in [-0.05, 0) is 37.4 Å². The third-order valence-electron chi connectivity index (χ3n) is 3.19. The van der Waals surface area contributed by atoms with E-state index in [9.17, 15) is 0 Å². The summed E-state index contributed by atoms with van der Waals surface area (Å²) >= 11 is 0. The maximum absolute atomic E-state index is 5.58. The van der Waals surface area contributed by atoms with Gasteiger partial charge in [0.2, 0.25) is 0 Å². The number of hydrogen-bond acceptors (Lipinski definition) is 4. The molecule has 18 heavy (non-hydrogen) atoms. The first-order valence-electron chi connectivity index (χ1n) is 6.22. The maximum atomic E-state index is 5.58. The molecule has 0 saturated carbocycles. The Kier molecular flexibility index (Phi) is 6.59. The monoisotopic (exact) mass is 272 g/mol. The lowest BCUT2D eigenvalue weighted by atomic mass is 10.1. The van der Waals surface area contributed by atoms with E-state index in [4.69, 9.17) is 19.0 Å². The highest BCUT2D eigenvalue weighted by atomic mass is 28.4. The first-order valence-corrected chi connectivity index (χ1v) is 8.15. The van der Waals surface area contributed by atoms with Crippen LogP contribution in [-0.4, -0.2) is 41.7 Å². The van der Waals surface area contributed by atoms with Crippen LogP contribution in [0.15, 0.2) is 12.3 Å². The van der Waals surface area contributed by atoms with Crippen LogP contribution in [0.3, 0.4) is 0 Å². The van der Waals surface area contributed by atoms with Crippen molar-refractivity contribution in [3.63, 3.8) is 0 Å². The Morgan fingerprint density at radius 2 is 1.83 bits per heavy atom. The largest absolute Gasteiger partial charge is 0.500 e. The summed E-state index contributed by atoms with van der Waals surface area (Å²) in [5, 5.41) is 0. The molecule has 0 aromatic carbocycles. The summed E-state index contributed by atoms with van der Waals surface area (Å²) in [6.07, 6.45) is 4.82. The van der Waals surface area contributed by atoms with Gasteiger partial charge >= 0.3 is 8.80 Å². The van der Waals surface area contributed by atoms with Crippen molar-refractivity contribution in [2.24, 2.45) is 5.73 Å². The number of H-pyrrole nitrogens is 1. The summed E-state index contributed by atoms with van der Waals surface area (Å²) in [6, 6.07) is 2.91. The van der Waals surface area contributed by atoms with Crippen molar-refractivity contribution in [1.29, 1.82) is 0 Å². The van der Waals surface area contributed by atoms with Crippen LogP contribution in [-0.2, 0) is 26.1 Å². The third kappa shape index (κ3) is 3.93. The fourth-order valence-corrected chi connectivity index (χ4v) is 3.82. The zero-order chi connectivity index (χ0) is 13.4. The summed E-state index contributed by atoms with van der Waals surface area (Å²) in [7, 11) is 2.51. The molecule has 1 aromatic heterocycles. The van der Waals surface area contributed by atoms with Crippen molar-refractivity contribution in [2.45, 2.75) is 25.3 Å². The number of aryl methyl sites for hydroxylation is 1. The maximum Gasteiger partial charge on any atom is 0.500 e. The van der Waals surface area contributed by atoms with Gasteiger partial charge in [-0.25, -0.2) is 0 Å². The van der Waals surface area contributed by atoms with Crippen LogP contribution in [0.2, 0.25) is 6.04 Å². The molecule has 0 unspecified atom stereocenters. The molecule has 0 radical (unpaired) electrons. The van der Waals surface area contributed by atoms with E-state index in [1.807, 2.05) is 6.20 Å². The number of hydrogen-bond donors (Lipinski definition) is 2. The predicted molar refractivity (Wildman–Crippen MR) is 73.5 cm³/mol. The summed E-state index contributed by atoms with van der Waals surface area (Å²) < 4.78 is 16.2. The quantitative estimate of drug-likeness (QED) is 0.665. The number of nitrogens with two attached hydrogens (primary N) is 1. The molecule has 104 valence electrons. The topological polar surface area (TPSA) is 69.5 Å². The first-order chi connectivity index (χ1) is 8.71. The lowest BCUT2D eigenvalue weighted by molar-refractivity contribution is 0.123. The average Bonchev–Trinajstić information content (AvgIpc) is 2.83. The first kappa shape index (κ1) is 15.4. The van der Waals surface area contributed by atoms with Crippen molar-refractivity contribution in [3.8, 4) is 0 Å². The van der Waals surface area contributed by atoms with Gasteiger partial charge in [0, 0.05) is 39.3 Å². The number of aromatic nitrogens is 1. The lowest BCUT2D eigenvalue weighted by Gasteiger charge is -2.24. The molecule has 0 saturated heterocycles. The van der Waals surface area contributed by atoms with E-state index in [-0.39, 0.29) is 0 Å². The average molecular weight is 272 g/mol. The van der Waals surface area contributed by atoms with Crippen molar-refractivity contribution in [2.75, 3.05) is 27.9 Å². The molecule has 6 heteroatoms. The smallest absolute Gasteiger partial charge is 0.377 e. The summed E-state index contributed by atoms with van der Waals surface area (Å²) in [5.41, 5.74) is 8.14. The Hall–Kier alpha value is -0.663. The molecule has 0 fully saturated rings. The van der Waals surface area contributed by atoms with E-state index in [2.05, 4.69) is 11.1 Å². The van der Waals surface area contributed by atoms with Crippen molar-refractivity contribution in [1.82, 2.24) is 4.98 Å². The van der Waals surface area contributed by atoms with Gasteiger partial charge in [0.1, 0.15) is 0 Å². The van der Waals surface area contributed by atoms with Gasteiger partial charge in [-0.3, -0.25) is 0 Å². The van der Waals surface area contributed by atoms with Crippen LogP contribution in [0.5, 0.6) is 0 Å². The van der Waals surface area contributed by atoms with Crippen LogP contribution >= 0.6 is 0 Å². The Labute approximate surface area is 110 Å². The second-order valence-corrected chi connectivity index (χ2v) is 7.26. The molecule has 1 rings (SSSR count). The van der Waals surface area contributed by atoms with Gasteiger partial charge in [-0.2, -0.15) is 0 Å². The normalized spacial score (nSPS) is 12.0. The van der Waals surface area contributed by atoms with Gasteiger partial charge < -0.3 is 24.0 Å². The molecule has 0 amide bonds. The van der Waals surface area contributed by atoms with Crippen LogP contribution in [0.4, 0.5) is 0 Å². The summed E-state index contributed by atoms with van der Waals surface area (Å²) in [4.78, 5) is 3.27. The third-order valence-corrected chi connectivity index (χ3v) is 6.02. The minimum atomic E-state index is -2.43. The molecule has 0 spiro atoms. The molecular formula is C12H24N2O3Si. The predicted octanol–water partition coefficient (Wildman–Crippen LogP) is 1.33. The Morgan fingerprint density at radius 1 is 1.17 bits per heavy atom. The van der Waals surface area contributed by atoms with Gasteiger partial charge in [-0.1, -0.05) is 0 Å². The van der Waals surface area contributed by atoms with Crippen molar-refractivity contribution >= 4 is 8.80 Å². The molecule has 0 aliphatic rings. The Balaban J connectivity index is 2.47. The second kappa shape index (κ2) is 7.70.